The second kappa shape index (κ2) is 6.56. The molecule has 0 saturated heterocycles. The summed E-state index contributed by atoms with van der Waals surface area (Å²) in [5.74, 6) is 1.29. The van der Waals surface area contributed by atoms with Gasteiger partial charge < -0.3 is 15.2 Å². The highest BCUT2D eigenvalue weighted by Crippen LogP contribution is 2.20. The molecule has 1 aromatic carbocycles. The predicted octanol–water partition coefficient (Wildman–Crippen LogP) is 2.61. The van der Waals surface area contributed by atoms with E-state index in [4.69, 9.17) is 15.2 Å². The molecule has 0 aliphatic rings. The van der Waals surface area contributed by atoms with Crippen LogP contribution in [0.1, 0.15) is 0 Å². The Morgan fingerprint density at radius 3 is 2.78 bits per heavy atom. The minimum atomic E-state index is 0.514. The standard InChI is InChI=1S/C13H15BrN2O2/c14-5-6-17-7-8-18-11-3-1-10-2-4-13(15)16-12(10)9-11/h1-4,9H,5-8H2,(H2,15,16). The second-order valence-corrected chi connectivity index (χ2v) is 4.53. The van der Waals surface area contributed by atoms with E-state index in [1.54, 1.807) is 6.07 Å². The molecule has 0 saturated carbocycles. The number of benzene rings is 1. The Labute approximate surface area is 114 Å². The molecule has 0 aliphatic heterocycles. The van der Waals surface area contributed by atoms with E-state index in [0.29, 0.717) is 25.6 Å². The van der Waals surface area contributed by atoms with Gasteiger partial charge in [0.15, 0.2) is 0 Å². The molecule has 2 aromatic rings. The van der Waals surface area contributed by atoms with Crippen molar-refractivity contribution >= 4 is 32.7 Å². The van der Waals surface area contributed by atoms with Gasteiger partial charge in [0, 0.05) is 16.8 Å². The van der Waals surface area contributed by atoms with Crippen molar-refractivity contribution in [3.8, 4) is 5.75 Å². The van der Waals surface area contributed by atoms with Crippen molar-refractivity contribution in [1.29, 1.82) is 0 Å². The Bertz CT molecular complexity index is 519. The van der Waals surface area contributed by atoms with Crippen molar-refractivity contribution in [3.05, 3.63) is 30.3 Å². The Hall–Kier alpha value is -1.33. The van der Waals surface area contributed by atoms with Crippen LogP contribution in [0.15, 0.2) is 30.3 Å². The summed E-state index contributed by atoms with van der Waals surface area (Å²) >= 11 is 3.29. The summed E-state index contributed by atoms with van der Waals surface area (Å²) in [4.78, 5) is 4.25. The van der Waals surface area contributed by atoms with Crippen LogP contribution in [0.25, 0.3) is 10.9 Å². The van der Waals surface area contributed by atoms with E-state index in [1.165, 1.54) is 0 Å². The lowest BCUT2D eigenvalue weighted by Crippen LogP contribution is -2.07. The average Bonchev–Trinajstić information content (AvgIpc) is 2.38. The van der Waals surface area contributed by atoms with Crippen LogP contribution in [0, 0.1) is 0 Å². The molecule has 0 unspecified atom stereocenters. The third-order valence-corrected chi connectivity index (χ3v) is 2.73. The molecule has 0 bridgehead atoms. The maximum Gasteiger partial charge on any atom is 0.124 e. The fourth-order valence-corrected chi connectivity index (χ4v) is 1.81. The Morgan fingerprint density at radius 1 is 1.11 bits per heavy atom. The molecule has 2 N–H and O–H groups in total. The van der Waals surface area contributed by atoms with E-state index in [0.717, 1.165) is 22.0 Å². The van der Waals surface area contributed by atoms with Crippen molar-refractivity contribution in [2.24, 2.45) is 0 Å². The maximum atomic E-state index is 5.65. The van der Waals surface area contributed by atoms with Gasteiger partial charge in [0.25, 0.3) is 0 Å². The highest BCUT2D eigenvalue weighted by Gasteiger charge is 1.99. The van der Waals surface area contributed by atoms with Gasteiger partial charge in [-0.3, -0.25) is 0 Å². The molecule has 0 fully saturated rings. The Balaban J connectivity index is 1.97. The number of nitrogens with zero attached hydrogens (tertiary/aromatic N) is 1. The maximum absolute atomic E-state index is 5.65. The lowest BCUT2D eigenvalue weighted by atomic mass is 10.2. The van der Waals surface area contributed by atoms with E-state index >= 15 is 0 Å². The lowest BCUT2D eigenvalue weighted by Gasteiger charge is -2.07. The number of fused-ring (bicyclic) bond motifs is 1. The highest BCUT2D eigenvalue weighted by atomic mass is 79.9. The zero-order valence-corrected chi connectivity index (χ0v) is 11.5. The average molecular weight is 311 g/mol. The fraction of sp³-hybridized carbons (Fsp3) is 0.308. The van der Waals surface area contributed by atoms with Crippen molar-refractivity contribution in [2.75, 3.05) is 30.9 Å². The highest BCUT2D eigenvalue weighted by molar-refractivity contribution is 9.09. The minimum absolute atomic E-state index is 0.514. The summed E-state index contributed by atoms with van der Waals surface area (Å²) in [5.41, 5.74) is 6.49. The van der Waals surface area contributed by atoms with Crippen LogP contribution < -0.4 is 10.5 Å². The summed E-state index contributed by atoms with van der Waals surface area (Å²) in [6, 6.07) is 9.51. The third-order valence-electron chi connectivity index (χ3n) is 2.40. The monoisotopic (exact) mass is 310 g/mol. The number of hydrogen-bond acceptors (Lipinski definition) is 4. The second-order valence-electron chi connectivity index (χ2n) is 3.74. The molecule has 0 spiro atoms. The molecule has 4 nitrogen and oxygen atoms in total. The first-order valence-electron chi connectivity index (χ1n) is 5.72. The molecule has 5 heteroatoms. The van der Waals surface area contributed by atoms with Crippen molar-refractivity contribution in [2.45, 2.75) is 0 Å². The molecule has 0 radical (unpaired) electrons. The van der Waals surface area contributed by atoms with Crippen LogP contribution >= 0.6 is 15.9 Å². The number of pyridine rings is 1. The van der Waals surface area contributed by atoms with Crippen LogP contribution in [0.3, 0.4) is 0 Å². The molecule has 2 rings (SSSR count). The number of nitrogens with two attached hydrogens (primary N) is 1. The van der Waals surface area contributed by atoms with E-state index in [2.05, 4.69) is 20.9 Å². The number of rotatable bonds is 6. The van der Waals surface area contributed by atoms with Crippen molar-refractivity contribution in [1.82, 2.24) is 4.98 Å². The van der Waals surface area contributed by atoms with E-state index in [-0.39, 0.29) is 0 Å². The molecule has 0 atom stereocenters. The van der Waals surface area contributed by atoms with E-state index in [1.807, 2.05) is 24.3 Å². The summed E-state index contributed by atoms with van der Waals surface area (Å²) in [6.07, 6.45) is 0. The van der Waals surface area contributed by atoms with Crippen LogP contribution in [0.5, 0.6) is 5.75 Å². The van der Waals surface area contributed by atoms with Gasteiger partial charge in [0.05, 0.1) is 18.7 Å². The summed E-state index contributed by atoms with van der Waals surface area (Å²) in [6.45, 7) is 1.80. The van der Waals surface area contributed by atoms with Crippen molar-refractivity contribution in [3.63, 3.8) is 0 Å². The first-order valence-corrected chi connectivity index (χ1v) is 6.84. The van der Waals surface area contributed by atoms with Crippen LogP contribution in [-0.4, -0.2) is 30.1 Å². The normalized spacial score (nSPS) is 10.7. The smallest absolute Gasteiger partial charge is 0.124 e. The molecular formula is C13H15BrN2O2. The summed E-state index contributed by atoms with van der Waals surface area (Å²) in [7, 11) is 0. The molecule has 18 heavy (non-hydrogen) atoms. The number of nitrogen functional groups attached to an aromatic ring is 1. The number of hydrogen-bond donors (Lipinski definition) is 1. The number of alkyl halides is 1. The van der Waals surface area contributed by atoms with Gasteiger partial charge in [-0.15, -0.1) is 0 Å². The fourth-order valence-electron chi connectivity index (χ4n) is 1.58. The summed E-state index contributed by atoms with van der Waals surface area (Å²) in [5, 5.41) is 1.89. The number of halogens is 1. The molecule has 0 amide bonds. The van der Waals surface area contributed by atoms with Gasteiger partial charge >= 0.3 is 0 Å². The number of ether oxygens (including phenoxy) is 2. The van der Waals surface area contributed by atoms with Crippen LogP contribution in [-0.2, 0) is 4.74 Å². The van der Waals surface area contributed by atoms with Gasteiger partial charge in [-0.1, -0.05) is 15.9 Å². The van der Waals surface area contributed by atoms with E-state index in [9.17, 15) is 0 Å². The SMILES string of the molecule is Nc1ccc2ccc(OCCOCCBr)cc2n1. The Morgan fingerprint density at radius 2 is 1.94 bits per heavy atom. The van der Waals surface area contributed by atoms with Gasteiger partial charge in [0.1, 0.15) is 18.2 Å². The number of anilines is 1. The molecule has 1 heterocycles. The molecule has 1 aromatic heterocycles. The van der Waals surface area contributed by atoms with Crippen LogP contribution in [0.2, 0.25) is 0 Å². The molecular weight excluding hydrogens is 296 g/mol. The quantitative estimate of drug-likeness (QED) is 0.658. The van der Waals surface area contributed by atoms with Gasteiger partial charge in [-0.2, -0.15) is 0 Å². The van der Waals surface area contributed by atoms with Gasteiger partial charge in [-0.05, 0) is 24.3 Å². The minimum Gasteiger partial charge on any atom is -0.491 e. The number of aromatic nitrogens is 1. The van der Waals surface area contributed by atoms with Crippen molar-refractivity contribution < 1.29 is 9.47 Å². The van der Waals surface area contributed by atoms with E-state index < -0.39 is 0 Å². The first kappa shape index (κ1) is 13.1. The third kappa shape index (κ3) is 3.58. The van der Waals surface area contributed by atoms with Crippen LogP contribution in [0.4, 0.5) is 5.82 Å². The lowest BCUT2D eigenvalue weighted by molar-refractivity contribution is 0.112. The zero-order chi connectivity index (χ0) is 12.8. The van der Waals surface area contributed by atoms with Gasteiger partial charge in [-0.25, -0.2) is 4.98 Å². The molecule has 96 valence electrons. The Kier molecular flexibility index (Phi) is 4.78. The first-order chi connectivity index (χ1) is 8.79. The molecule has 0 aliphatic carbocycles. The zero-order valence-electron chi connectivity index (χ0n) is 9.93. The predicted molar refractivity (Wildman–Crippen MR) is 76.3 cm³/mol. The largest absolute Gasteiger partial charge is 0.491 e. The van der Waals surface area contributed by atoms with Gasteiger partial charge in [0.2, 0.25) is 0 Å². The topological polar surface area (TPSA) is 57.4 Å². The summed E-state index contributed by atoms with van der Waals surface area (Å²) < 4.78 is 10.9.